The van der Waals surface area contributed by atoms with E-state index in [0.29, 0.717) is 17.0 Å². The third-order valence-electron chi connectivity index (χ3n) is 2.61. The third-order valence-corrected chi connectivity index (χ3v) is 2.69. The van der Waals surface area contributed by atoms with Gasteiger partial charge in [0.05, 0.1) is 5.69 Å². The van der Waals surface area contributed by atoms with Crippen molar-refractivity contribution in [2.75, 3.05) is 0 Å². The molecule has 0 fully saturated rings. The molecule has 0 bridgehead atoms. The largest absolute Gasteiger partial charge is 0.241 e. The smallest absolute Gasteiger partial charge is 0.103 e. The first-order valence-electron chi connectivity index (χ1n) is 5.77. The van der Waals surface area contributed by atoms with Crippen LogP contribution in [0.5, 0.6) is 0 Å². The van der Waals surface area contributed by atoms with Crippen LogP contribution in [0, 0.1) is 0 Å². The van der Waals surface area contributed by atoms with Crippen LogP contribution in [0.2, 0.25) is 0 Å². The lowest BCUT2D eigenvalue weighted by molar-refractivity contribution is 0.835. The minimum atomic E-state index is 0.466. The second-order valence-corrected chi connectivity index (χ2v) is 5.25. The molecule has 0 heterocycles. The molecule has 0 amide bonds. The molecule has 0 aliphatic carbocycles. The van der Waals surface area contributed by atoms with E-state index in [0.717, 1.165) is 5.69 Å². The maximum absolute atomic E-state index is 5.92. The molecule has 0 saturated carbocycles. The quantitative estimate of drug-likeness (QED) is 0.639. The lowest BCUT2D eigenvalue weighted by Crippen LogP contribution is -1.96. The SMILES string of the molecule is C/C(Cl)=N\c1c(C(C)C)cccc1C(C)C. The van der Waals surface area contributed by atoms with Gasteiger partial charge >= 0.3 is 0 Å². The predicted molar refractivity (Wildman–Crippen MR) is 73.2 cm³/mol. The Labute approximate surface area is 104 Å². The van der Waals surface area contributed by atoms with Gasteiger partial charge in [-0.1, -0.05) is 57.5 Å². The van der Waals surface area contributed by atoms with Crippen LogP contribution in [0.1, 0.15) is 57.6 Å². The number of hydrogen-bond acceptors (Lipinski definition) is 1. The van der Waals surface area contributed by atoms with Gasteiger partial charge < -0.3 is 0 Å². The first-order valence-corrected chi connectivity index (χ1v) is 6.14. The van der Waals surface area contributed by atoms with Crippen LogP contribution in [-0.4, -0.2) is 5.17 Å². The van der Waals surface area contributed by atoms with Crippen molar-refractivity contribution in [3.8, 4) is 0 Å². The van der Waals surface area contributed by atoms with Crippen LogP contribution >= 0.6 is 11.6 Å². The maximum Gasteiger partial charge on any atom is 0.103 e. The molecular weight excluding hydrogens is 218 g/mol. The molecular formula is C14H20ClN. The van der Waals surface area contributed by atoms with E-state index >= 15 is 0 Å². The monoisotopic (exact) mass is 237 g/mol. The van der Waals surface area contributed by atoms with E-state index < -0.39 is 0 Å². The number of aliphatic imine (C=N–C) groups is 1. The molecule has 0 radical (unpaired) electrons. The molecule has 1 nitrogen and oxygen atoms in total. The van der Waals surface area contributed by atoms with Crippen molar-refractivity contribution in [3.05, 3.63) is 29.3 Å². The Bertz CT molecular complexity index is 361. The molecule has 16 heavy (non-hydrogen) atoms. The van der Waals surface area contributed by atoms with Gasteiger partial charge in [-0.15, -0.1) is 0 Å². The molecule has 88 valence electrons. The fourth-order valence-corrected chi connectivity index (χ4v) is 1.88. The summed E-state index contributed by atoms with van der Waals surface area (Å²) >= 11 is 5.92. The van der Waals surface area contributed by atoms with Crippen molar-refractivity contribution in [2.24, 2.45) is 4.99 Å². The number of rotatable bonds is 3. The van der Waals surface area contributed by atoms with E-state index in [9.17, 15) is 0 Å². The minimum absolute atomic E-state index is 0.466. The number of para-hydroxylation sites is 1. The van der Waals surface area contributed by atoms with E-state index in [2.05, 4.69) is 50.9 Å². The maximum atomic E-state index is 5.92. The summed E-state index contributed by atoms with van der Waals surface area (Å²) in [7, 11) is 0. The molecule has 0 aliphatic rings. The van der Waals surface area contributed by atoms with Gasteiger partial charge in [-0.05, 0) is 29.9 Å². The summed E-state index contributed by atoms with van der Waals surface area (Å²) in [5, 5.41) is 0.593. The van der Waals surface area contributed by atoms with Gasteiger partial charge in [-0.2, -0.15) is 0 Å². The van der Waals surface area contributed by atoms with Crippen molar-refractivity contribution >= 4 is 22.5 Å². The molecule has 2 heteroatoms. The summed E-state index contributed by atoms with van der Waals surface area (Å²) < 4.78 is 0. The molecule has 0 aromatic heterocycles. The lowest BCUT2D eigenvalue weighted by atomic mass is 9.93. The number of hydrogen-bond donors (Lipinski definition) is 0. The zero-order valence-electron chi connectivity index (χ0n) is 10.7. The zero-order valence-corrected chi connectivity index (χ0v) is 11.5. The standard InChI is InChI=1S/C14H20ClN/c1-9(2)12-7-6-8-13(10(3)4)14(12)16-11(5)15/h6-10H,1-5H3/b16-11+. The van der Waals surface area contributed by atoms with E-state index in [-0.39, 0.29) is 0 Å². The van der Waals surface area contributed by atoms with Crippen LogP contribution in [0.4, 0.5) is 5.69 Å². The van der Waals surface area contributed by atoms with Gasteiger partial charge in [0.1, 0.15) is 5.17 Å². The van der Waals surface area contributed by atoms with Gasteiger partial charge in [-0.25, -0.2) is 4.99 Å². The topological polar surface area (TPSA) is 12.4 Å². The highest BCUT2D eigenvalue weighted by atomic mass is 35.5. The molecule has 1 rings (SSSR count). The first kappa shape index (κ1) is 13.2. The Kier molecular flexibility index (Phi) is 4.55. The van der Waals surface area contributed by atoms with Crippen molar-refractivity contribution < 1.29 is 0 Å². The van der Waals surface area contributed by atoms with E-state index in [1.165, 1.54) is 11.1 Å². The fraction of sp³-hybridized carbons (Fsp3) is 0.500. The Morgan fingerprint density at radius 3 is 1.81 bits per heavy atom. The summed E-state index contributed by atoms with van der Waals surface area (Å²) in [6.07, 6.45) is 0. The minimum Gasteiger partial charge on any atom is -0.241 e. The van der Waals surface area contributed by atoms with Crippen molar-refractivity contribution in [1.29, 1.82) is 0 Å². The van der Waals surface area contributed by atoms with Crippen LogP contribution in [0.25, 0.3) is 0 Å². The zero-order chi connectivity index (χ0) is 12.3. The van der Waals surface area contributed by atoms with Crippen LogP contribution in [0.3, 0.4) is 0 Å². The van der Waals surface area contributed by atoms with Gasteiger partial charge in [0.25, 0.3) is 0 Å². The van der Waals surface area contributed by atoms with Crippen LogP contribution < -0.4 is 0 Å². The molecule has 1 aromatic carbocycles. The van der Waals surface area contributed by atoms with E-state index in [4.69, 9.17) is 11.6 Å². The molecule has 0 N–H and O–H groups in total. The third kappa shape index (κ3) is 3.08. The molecule has 0 atom stereocenters. The normalized spacial score (nSPS) is 12.6. The van der Waals surface area contributed by atoms with E-state index in [1.54, 1.807) is 0 Å². The molecule has 0 unspecified atom stereocenters. The summed E-state index contributed by atoms with van der Waals surface area (Å²) in [5.41, 5.74) is 3.59. The second kappa shape index (κ2) is 5.49. The van der Waals surface area contributed by atoms with Crippen LogP contribution in [0.15, 0.2) is 23.2 Å². The van der Waals surface area contributed by atoms with Crippen molar-refractivity contribution in [3.63, 3.8) is 0 Å². The molecule has 1 aromatic rings. The number of nitrogens with zero attached hydrogens (tertiary/aromatic N) is 1. The van der Waals surface area contributed by atoms with Crippen molar-refractivity contribution in [2.45, 2.75) is 46.5 Å². The Balaban J connectivity index is 3.41. The number of benzene rings is 1. The predicted octanol–water partition coefficient (Wildman–Crippen LogP) is 5.22. The lowest BCUT2D eigenvalue weighted by Gasteiger charge is -2.16. The summed E-state index contributed by atoms with van der Waals surface area (Å²) in [6.45, 7) is 10.6. The highest BCUT2D eigenvalue weighted by Crippen LogP contribution is 2.34. The van der Waals surface area contributed by atoms with Crippen molar-refractivity contribution in [1.82, 2.24) is 0 Å². The molecule has 0 spiro atoms. The second-order valence-electron chi connectivity index (χ2n) is 4.70. The summed E-state index contributed by atoms with van der Waals surface area (Å²) in [5.74, 6) is 0.932. The van der Waals surface area contributed by atoms with Gasteiger partial charge in [0.15, 0.2) is 0 Å². The molecule has 0 saturated heterocycles. The average molecular weight is 238 g/mol. The summed E-state index contributed by atoms with van der Waals surface area (Å²) in [6, 6.07) is 6.37. The highest BCUT2D eigenvalue weighted by molar-refractivity contribution is 6.65. The van der Waals surface area contributed by atoms with Crippen LogP contribution in [-0.2, 0) is 0 Å². The summed E-state index contributed by atoms with van der Waals surface area (Å²) in [4.78, 5) is 4.48. The number of halogens is 1. The Hall–Kier alpha value is -0.820. The Morgan fingerprint density at radius 1 is 1.06 bits per heavy atom. The van der Waals surface area contributed by atoms with E-state index in [1.807, 2.05) is 6.92 Å². The fourth-order valence-electron chi connectivity index (χ4n) is 1.79. The first-order chi connectivity index (χ1) is 7.43. The highest BCUT2D eigenvalue weighted by Gasteiger charge is 2.12. The average Bonchev–Trinajstić information content (AvgIpc) is 2.16. The van der Waals surface area contributed by atoms with Gasteiger partial charge in [0, 0.05) is 0 Å². The molecule has 0 aliphatic heterocycles. The Morgan fingerprint density at radius 2 is 1.50 bits per heavy atom. The van der Waals surface area contributed by atoms with Gasteiger partial charge in [-0.3, -0.25) is 0 Å². The van der Waals surface area contributed by atoms with Gasteiger partial charge in [0.2, 0.25) is 0 Å².